The topological polar surface area (TPSA) is 57.6 Å². The summed E-state index contributed by atoms with van der Waals surface area (Å²) in [6, 6.07) is 0. The number of hydrogen-bond donors (Lipinski definition) is 1. The van der Waals surface area contributed by atoms with E-state index in [9.17, 15) is 14.7 Å². The Kier molecular flexibility index (Phi) is 3.37. The average Bonchev–Trinajstić information content (AvgIpc) is 2.20. The number of carbonyl (C=O) groups is 2. The quantitative estimate of drug-likeness (QED) is 0.720. The van der Waals surface area contributed by atoms with E-state index in [1.54, 1.807) is 7.05 Å². The minimum atomic E-state index is -0.978. The molecule has 0 heterocycles. The summed E-state index contributed by atoms with van der Waals surface area (Å²) in [5, 5.41) is 9.29. The Hall–Kier alpha value is -1.06. The maximum absolute atomic E-state index is 11.3. The number of hydrogen-bond acceptors (Lipinski definition) is 2. The van der Waals surface area contributed by atoms with Gasteiger partial charge < -0.3 is 10.0 Å². The zero-order chi connectivity index (χ0) is 11.6. The van der Waals surface area contributed by atoms with Gasteiger partial charge in [0.1, 0.15) is 5.54 Å². The van der Waals surface area contributed by atoms with Crippen molar-refractivity contribution >= 4 is 12.4 Å². The Balaban J connectivity index is 2.93. The molecule has 0 bridgehead atoms. The van der Waals surface area contributed by atoms with Crippen molar-refractivity contribution in [3.63, 3.8) is 0 Å². The fourth-order valence-electron chi connectivity index (χ4n) is 2.35. The third kappa shape index (κ3) is 1.98. The standard InChI is InChI=1S/C11H19NO3/c1-8-4-5-11(10(14)15,6-9(8)2)12(3)7-13/h7-9H,4-6H2,1-3H3,(H,14,15). The van der Waals surface area contributed by atoms with Gasteiger partial charge in [-0.3, -0.25) is 4.79 Å². The van der Waals surface area contributed by atoms with Gasteiger partial charge in [0.05, 0.1) is 0 Å². The molecule has 1 aliphatic rings. The van der Waals surface area contributed by atoms with Crippen molar-refractivity contribution in [2.75, 3.05) is 7.05 Å². The predicted molar refractivity (Wildman–Crippen MR) is 56.4 cm³/mol. The number of carbonyl (C=O) groups excluding carboxylic acids is 1. The maximum Gasteiger partial charge on any atom is 0.329 e. The van der Waals surface area contributed by atoms with Crippen molar-refractivity contribution in [2.24, 2.45) is 11.8 Å². The Bertz CT molecular complexity index is 267. The summed E-state index contributed by atoms with van der Waals surface area (Å²) in [7, 11) is 1.56. The lowest BCUT2D eigenvalue weighted by atomic mass is 9.70. The molecule has 0 aliphatic heterocycles. The van der Waals surface area contributed by atoms with Crippen LogP contribution in [0.5, 0.6) is 0 Å². The molecule has 1 fully saturated rings. The molecule has 1 amide bonds. The van der Waals surface area contributed by atoms with Crippen LogP contribution in [0.25, 0.3) is 0 Å². The van der Waals surface area contributed by atoms with E-state index in [0.29, 0.717) is 31.1 Å². The largest absolute Gasteiger partial charge is 0.479 e. The van der Waals surface area contributed by atoms with Crippen LogP contribution in [0.4, 0.5) is 0 Å². The molecular formula is C11H19NO3. The Morgan fingerprint density at radius 3 is 2.47 bits per heavy atom. The number of carboxylic acids is 1. The lowest BCUT2D eigenvalue weighted by Gasteiger charge is -2.43. The molecule has 0 spiro atoms. The van der Waals surface area contributed by atoms with Crippen molar-refractivity contribution in [2.45, 2.75) is 38.6 Å². The second kappa shape index (κ2) is 4.21. The summed E-state index contributed by atoms with van der Waals surface area (Å²) in [4.78, 5) is 23.4. The summed E-state index contributed by atoms with van der Waals surface area (Å²) in [6.07, 6.45) is 2.60. The highest BCUT2D eigenvalue weighted by molar-refractivity contribution is 5.81. The molecule has 1 rings (SSSR count). The molecule has 86 valence electrons. The van der Waals surface area contributed by atoms with Crippen LogP contribution >= 0.6 is 0 Å². The lowest BCUT2D eigenvalue weighted by molar-refractivity contribution is -0.158. The number of carboxylic acid groups (broad SMARTS) is 1. The first kappa shape index (κ1) is 12.0. The molecule has 1 saturated carbocycles. The van der Waals surface area contributed by atoms with Crippen molar-refractivity contribution in [3.05, 3.63) is 0 Å². The predicted octanol–water partition coefficient (Wildman–Crippen LogP) is 1.35. The highest BCUT2D eigenvalue weighted by atomic mass is 16.4. The molecule has 1 aliphatic carbocycles. The summed E-state index contributed by atoms with van der Waals surface area (Å²) in [6.45, 7) is 4.19. The molecule has 0 aromatic carbocycles. The molecule has 0 aromatic rings. The highest BCUT2D eigenvalue weighted by Gasteiger charge is 2.46. The molecule has 3 unspecified atom stereocenters. The first-order valence-electron chi connectivity index (χ1n) is 5.35. The van der Waals surface area contributed by atoms with Crippen molar-refractivity contribution in [3.8, 4) is 0 Å². The van der Waals surface area contributed by atoms with Gasteiger partial charge in [-0.05, 0) is 31.1 Å². The highest BCUT2D eigenvalue weighted by Crippen LogP contribution is 2.39. The van der Waals surface area contributed by atoms with E-state index in [2.05, 4.69) is 13.8 Å². The van der Waals surface area contributed by atoms with Crippen LogP contribution in [-0.2, 0) is 9.59 Å². The molecule has 0 saturated heterocycles. The summed E-state index contributed by atoms with van der Waals surface area (Å²) < 4.78 is 0. The summed E-state index contributed by atoms with van der Waals surface area (Å²) >= 11 is 0. The second-order valence-electron chi connectivity index (χ2n) is 4.75. The van der Waals surface area contributed by atoms with Crippen LogP contribution < -0.4 is 0 Å². The van der Waals surface area contributed by atoms with Gasteiger partial charge in [-0.2, -0.15) is 0 Å². The van der Waals surface area contributed by atoms with Gasteiger partial charge in [0, 0.05) is 7.05 Å². The second-order valence-corrected chi connectivity index (χ2v) is 4.75. The molecule has 1 N–H and O–H groups in total. The molecular weight excluding hydrogens is 194 g/mol. The van der Waals surface area contributed by atoms with Gasteiger partial charge >= 0.3 is 5.97 Å². The van der Waals surface area contributed by atoms with E-state index in [4.69, 9.17) is 0 Å². The zero-order valence-corrected chi connectivity index (χ0v) is 9.56. The Morgan fingerprint density at radius 2 is 2.07 bits per heavy atom. The zero-order valence-electron chi connectivity index (χ0n) is 9.56. The molecule has 4 nitrogen and oxygen atoms in total. The number of nitrogens with zero attached hydrogens (tertiary/aromatic N) is 1. The number of rotatable bonds is 3. The van der Waals surface area contributed by atoms with Gasteiger partial charge in [-0.1, -0.05) is 13.8 Å². The lowest BCUT2D eigenvalue weighted by Crippen LogP contribution is -2.55. The van der Waals surface area contributed by atoms with E-state index in [1.165, 1.54) is 4.90 Å². The van der Waals surface area contributed by atoms with E-state index in [0.717, 1.165) is 6.42 Å². The fraction of sp³-hybridized carbons (Fsp3) is 0.818. The van der Waals surface area contributed by atoms with Gasteiger partial charge in [0.2, 0.25) is 6.41 Å². The van der Waals surface area contributed by atoms with Crippen LogP contribution in [0.3, 0.4) is 0 Å². The van der Waals surface area contributed by atoms with Gasteiger partial charge in [-0.25, -0.2) is 4.79 Å². The van der Waals surface area contributed by atoms with E-state index < -0.39 is 11.5 Å². The van der Waals surface area contributed by atoms with Gasteiger partial charge in [0.25, 0.3) is 0 Å². The van der Waals surface area contributed by atoms with E-state index in [-0.39, 0.29) is 0 Å². The molecule has 4 heteroatoms. The van der Waals surface area contributed by atoms with Crippen LogP contribution in [-0.4, -0.2) is 35.0 Å². The number of likely N-dealkylation sites (N-methyl/N-ethyl adjacent to an activating group) is 1. The van der Waals surface area contributed by atoms with E-state index >= 15 is 0 Å². The van der Waals surface area contributed by atoms with E-state index in [1.807, 2.05) is 0 Å². The van der Waals surface area contributed by atoms with Crippen molar-refractivity contribution in [1.82, 2.24) is 4.90 Å². The smallest absolute Gasteiger partial charge is 0.329 e. The first-order chi connectivity index (χ1) is 6.94. The summed E-state index contributed by atoms with van der Waals surface area (Å²) in [5.41, 5.74) is -0.978. The van der Waals surface area contributed by atoms with Crippen LogP contribution in [0.15, 0.2) is 0 Å². The SMILES string of the molecule is CC1CCC(C(=O)O)(N(C)C=O)CC1C. The molecule has 0 radical (unpaired) electrons. The number of amides is 1. The van der Waals surface area contributed by atoms with Gasteiger partial charge in [0.15, 0.2) is 0 Å². The molecule has 0 aromatic heterocycles. The van der Waals surface area contributed by atoms with Gasteiger partial charge in [-0.15, -0.1) is 0 Å². The minimum absolute atomic E-state index is 0.345. The first-order valence-corrected chi connectivity index (χ1v) is 5.35. The molecule has 15 heavy (non-hydrogen) atoms. The van der Waals surface area contributed by atoms with Crippen molar-refractivity contribution < 1.29 is 14.7 Å². The maximum atomic E-state index is 11.3. The monoisotopic (exact) mass is 213 g/mol. The normalized spacial score (nSPS) is 35.9. The number of aliphatic carboxylic acids is 1. The third-order valence-electron chi connectivity index (χ3n) is 3.88. The van der Waals surface area contributed by atoms with Crippen LogP contribution in [0.1, 0.15) is 33.1 Å². The Labute approximate surface area is 90.3 Å². The third-order valence-corrected chi connectivity index (χ3v) is 3.88. The molecule has 3 atom stereocenters. The van der Waals surface area contributed by atoms with Crippen LogP contribution in [0.2, 0.25) is 0 Å². The minimum Gasteiger partial charge on any atom is -0.479 e. The fourth-order valence-corrected chi connectivity index (χ4v) is 2.35. The average molecular weight is 213 g/mol. The summed E-state index contributed by atoms with van der Waals surface area (Å²) in [5.74, 6) is 0.00521. The van der Waals surface area contributed by atoms with Crippen LogP contribution in [0, 0.1) is 11.8 Å². The van der Waals surface area contributed by atoms with Crippen molar-refractivity contribution in [1.29, 1.82) is 0 Å². The Morgan fingerprint density at radius 1 is 1.47 bits per heavy atom.